The van der Waals surface area contributed by atoms with Gasteiger partial charge in [-0.2, -0.15) is 0 Å². The minimum atomic E-state index is -1.69. The van der Waals surface area contributed by atoms with Crippen molar-refractivity contribution in [2.75, 3.05) is 13.8 Å². The Hall–Kier alpha value is -7.50. The normalized spacial score (nSPS) is 15.0. The molecule has 0 bridgehead atoms. The standard InChI is InChI=1S/C44H43FN4O13/c1-21(2)38(42(58)46-22(3)39(55)47-32(34(53)20-45)19-37(54)60-4)49-41(57)33(15-23-5-8-25(50)9-6-23)48-40(56)24-7-12-28-31(16-24)44(62-43(28)59)29-13-10-26(51)17-35(29)61-36-18-27(52)11-14-30(36)44/h5-14,16-18,21-22,32-33,38,50-52H,15,19-20H2,1-4H3,(H,46,58)(H,47,55)(H,48,56)(H,49,57)/t22-,32?,33-,38-/m0/s1. The fraction of sp³-hybridized carbons (Fsp3) is 0.295. The van der Waals surface area contributed by atoms with Crippen LogP contribution in [0.3, 0.4) is 0 Å². The number of ether oxygens (including phenoxy) is 3. The van der Waals surface area contributed by atoms with Crippen LogP contribution in [0.1, 0.15) is 70.2 Å². The van der Waals surface area contributed by atoms with Crippen LogP contribution in [0.25, 0.3) is 0 Å². The molecule has 4 amide bonds. The second-order valence-electron chi connectivity index (χ2n) is 15.1. The van der Waals surface area contributed by atoms with Gasteiger partial charge >= 0.3 is 11.9 Å². The Morgan fingerprint density at radius 1 is 0.710 bits per heavy atom. The number of rotatable bonds is 15. The van der Waals surface area contributed by atoms with Crippen molar-refractivity contribution >= 4 is 41.4 Å². The van der Waals surface area contributed by atoms with Gasteiger partial charge in [0.2, 0.25) is 17.7 Å². The molecule has 0 aromatic heterocycles. The number of methoxy groups -OCH3 is 1. The Bertz CT molecular complexity index is 2400. The molecule has 0 saturated carbocycles. The maximum atomic E-state index is 14.2. The van der Waals surface area contributed by atoms with Crippen LogP contribution in [0, 0.1) is 5.92 Å². The molecule has 18 heteroatoms. The molecule has 62 heavy (non-hydrogen) atoms. The van der Waals surface area contributed by atoms with Crippen LogP contribution >= 0.6 is 0 Å². The van der Waals surface area contributed by atoms with E-state index in [0.29, 0.717) is 16.7 Å². The van der Waals surface area contributed by atoms with E-state index in [1.165, 1.54) is 85.8 Å². The van der Waals surface area contributed by atoms with Crippen LogP contribution in [-0.2, 0) is 45.5 Å². The minimum Gasteiger partial charge on any atom is -0.508 e. The third kappa shape index (κ3) is 8.98. The number of ketones is 1. The Balaban J connectivity index is 1.27. The van der Waals surface area contributed by atoms with E-state index in [1.807, 2.05) is 0 Å². The summed E-state index contributed by atoms with van der Waals surface area (Å²) in [5.74, 6) is -6.71. The van der Waals surface area contributed by atoms with Gasteiger partial charge in [0, 0.05) is 40.8 Å². The summed E-state index contributed by atoms with van der Waals surface area (Å²) in [5.41, 5.74) is -0.196. The van der Waals surface area contributed by atoms with Gasteiger partial charge in [0.1, 0.15) is 59.6 Å². The van der Waals surface area contributed by atoms with E-state index < -0.39 is 90.1 Å². The van der Waals surface area contributed by atoms with Gasteiger partial charge in [-0.15, -0.1) is 0 Å². The number of carbonyl (C=O) groups excluding carboxylic acids is 7. The lowest BCUT2D eigenvalue weighted by Crippen LogP contribution is -2.58. The molecule has 324 valence electrons. The van der Waals surface area contributed by atoms with Gasteiger partial charge in [0.05, 0.1) is 19.1 Å². The van der Waals surface area contributed by atoms with Crippen molar-refractivity contribution in [1.29, 1.82) is 0 Å². The number of aromatic hydroxyl groups is 3. The number of nitrogens with one attached hydrogen (secondary N) is 4. The monoisotopic (exact) mass is 854 g/mol. The summed E-state index contributed by atoms with van der Waals surface area (Å²) in [5, 5.41) is 40.5. The summed E-state index contributed by atoms with van der Waals surface area (Å²) in [4.78, 5) is 92.2. The van der Waals surface area contributed by atoms with Gasteiger partial charge in [-0.3, -0.25) is 28.8 Å². The second kappa shape index (κ2) is 18.0. The first-order valence-corrected chi connectivity index (χ1v) is 19.3. The van der Waals surface area contributed by atoms with Crippen molar-refractivity contribution in [3.05, 3.63) is 112 Å². The number of Topliss-reactive ketones (excluding diaryl/α,β-unsaturated/α-hetero) is 1. The molecule has 0 saturated heterocycles. The van der Waals surface area contributed by atoms with Crippen molar-refractivity contribution in [3.63, 3.8) is 0 Å². The van der Waals surface area contributed by atoms with Crippen molar-refractivity contribution in [1.82, 2.24) is 21.3 Å². The lowest BCUT2D eigenvalue weighted by molar-refractivity contribution is -0.143. The largest absolute Gasteiger partial charge is 0.508 e. The Morgan fingerprint density at radius 3 is 1.90 bits per heavy atom. The van der Waals surface area contributed by atoms with Crippen molar-refractivity contribution < 1.29 is 67.5 Å². The number of amides is 4. The van der Waals surface area contributed by atoms with E-state index in [2.05, 4.69) is 26.0 Å². The lowest BCUT2D eigenvalue weighted by atomic mass is 9.77. The van der Waals surface area contributed by atoms with E-state index >= 15 is 0 Å². The maximum absolute atomic E-state index is 14.2. The Morgan fingerprint density at radius 2 is 1.32 bits per heavy atom. The average molecular weight is 855 g/mol. The molecule has 4 aromatic rings. The highest BCUT2D eigenvalue weighted by atomic mass is 19.1. The summed E-state index contributed by atoms with van der Waals surface area (Å²) < 4.78 is 29.8. The molecule has 2 heterocycles. The van der Waals surface area contributed by atoms with E-state index in [9.17, 15) is 53.3 Å². The Kier molecular flexibility index (Phi) is 12.8. The molecule has 2 aliphatic rings. The highest BCUT2D eigenvalue weighted by Gasteiger charge is 2.54. The molecule has 1 spiro atoms. The molecule has 0 radical (unpaired) electrons. The number of fused-ring (bicyclic) bond motifs is 6. The maximum Gasteiger partial charge on any atom is 0.340 e. The zero-order valence-electron chi connectivity index (χ0n) is 33.8. The molecule has 1 unspecified atom stereocenters. The van der Waals surface area contributed by atoms with E-state index in [4.69, 9.17) is 9.47 Å². The van der Waals surface area contributed by atoms with Crippen molar-refractivity contribution in [2.45, 2.75) is 63.4 Å². The molecule has 6 rings (SSSR count). The third-order valence-electron chi connectivity index (χ3n) is 10.5. The quantitative estimate of drug-likeness (QED) is 0.0851. The van der Waals surface area contributed by atoms with Gasteiger partial charge in [-0.05, 0) is 73.0 Å². The molecule has 0 fully saturated rings. The number of hydrogen-bond acceptors (Lipinski definition) is 13. The van der Waals surface area contributed by atoms with Crippen LogP contribution in [0.2, 0.25) is 0 Å². The number of phenolic OH excluding ortho intramolecular Hbond substituents is 3. The predicted molar refractivity (Wildman–Crippen MR) is 215 cm³/mol. The lowest BCUT2D eigenvalue weighted by Gasteiger charge is -2.36. The average Bonchev–Trinajstić information content (AvgIpc) is 3.52. The molecule has 7 N–H and O–H groups in total. The van der Waals surface area contributed by atoms with Crippen LogP contribution in [-0.4, -0.2) is 94.6 Å². The van der Waals surface area contributed by atoms with Crippen LogP contribution < -0.4 is 26.0 Å². The van der Waals surface area contributed by atoms with Crippen LogP contribution in [0.15, 0.2) is 78.9 Å². The summed E-state index contributed by atoms with van der Waals surface area (Å²) in [6.45, 7) is 3.05. The van der Waals surface area contributed by atoms with Crippen molar-refractivity contribution in [2.24, 2.45) is 5.92 Å². The molecule has 4 aromatic carbocycles. The number of esters is 2. The number of phenols is 3. The highest BCUT2D eigenvalue weighted by molar-refractivity contribution is 6.02. The molecule has 4 atom stereocenters. The summed E-state index contributed by atoms with van der Waals surface area (Å²) >= 11 is 0. The van der Waals surface area contributed by atoms with Crippen molar-refractivity contribution in [3.8, 4) is 28.7 Å². The molecule has 17 nitrogen and oxygen atoms in total. The predicted octanol–water partition coefficient (Wildman–Crippen LogP) is 2.94. The number of hydrogen-bond donors (Lipinski definition) is 7. The van der Waals surface area contributed by atoms with Gasteiger partial charge < -0.3 is 50.8 Å². The summed E-state index contributed by atoms with van der Waals surface area (Å²) in [7, 11) is 1.06. The van der Waals surface area contributed by atoms with Gasteiger partial charge in [0.15, 0.2) is 11.4 Å². The molecule has 0 aliphatic carbocycles. The first-order chi connectivity index (χ1) is 29.4. The highest BCUT2D eigenvalue weighted by Crippen LogP contribution is 2.57. The van der Waals surface area contributed by atoms with Gasteiger partial charge in [0.25, 0.3) is 5.91 Å². The van der Waals surface area contributed by atoms with Crippen LogP contribution in [0.5, 0.6) is 28.7 Å². The zero-order valence-corrected chi connectivity index (χ0v) is 33.8. The van der Waals surface area contributed by atoms with E-state index in [0.717, 1.165) is 7.11 Å². The van der Waals surface area contributed by atoms with Gasteiger partial charge in [-0.1, -0.05) is 26.0 Å². The zero-order chi connectivity index (χ0) is 45.0. The number of carbonyl (C=O) groups is 7. The molecular formula is C44H43FN4O13. The van der Waals surface area contributed by atoms with Gasteiger partial charge in [-0.25, -0.2) is 9.18 Å². The Labute approximate surface area is 353 Å². The smallest absolute Gasteiger partial charge is 0.340 e. The SMILES string of the molecule is COC(=O)CC(NC(=O)[C@H](C)NC(=O)[C@@H](NC(=O)[C@H](Cc1ccc(O)cc1)NC(=O)c1ccc2c(c1)C1(OC2=O)c2ccc(O)cc2Oc2cc(O)ccc21)C(C)C)C(=O)CF. The first kappa shape index (κ1) is 44.1. The third-order valence-corrected chi connectivity index (χ3v) is 10.5. The van der Waals surface area contributed by atoms with E-state index in [-0.39, 0.29) is 51.9 Å². The summed E-state index contributed by atoms with van der Waals surface area (Å²) in [6, 6.07) is 12.9. The first-order valence-electron chi connectivity index (χ1n) is 19.3. The van der Waals surface area contributed by atoms with E-state index in [1.54, 1.807) is 13.8 Å². The second-order valence-corrected chi connectivity index (χ2v) is 15.1. The number of alkyl halides is 1. The molecular weight excluding hydrogens is 811 g/mol. The number of benzene rings is 4. The number of halogens is 1. The summed E-state index contributed by atoms with van der Waals surface area (Å²) in [6.07, 6.45) is -0.773. The fourth-order valence-corrected chi connectivity index (χ4v) is 7.20. The fourth-order valence-electron chi connectivity index (χ4n) is 7.20. The topological polar surface area (TPSA) is 256 Å². The molecule has 2 aliphatic heterocycles. The minimum absolute atomic E-state index is 0.00758. The van der Waals surface area contributed by atoms with Crippen LogP contribution in [0.4, 0.5) is 4.39 Å².